The van der Waals surface area contributed by atoms with Crippen LogP contribution in [0.15, 0.2) is 195 Å². The fraction of sp³-hybridized carbons (Fsp3) is 0.107. The Kier molecular flexibility index (Phi) is 8.72. The molecule has 1 heterocycles. The van der Waals surface area contributed by atoms with E-state index in [0.29, 0.717) is 0 Å². The molecule has 0 atom stereocenters. The van der Waals surface area contributed by atoms with Gasteiger partial charge in [-0.15, -0.1) is 0 Å². The molecule has 0 amide bonds. The second-order valence-corrected chi connectivity index (χ2v) is 16.1. The first-order valence-electron chi connectivity index (χ1n) is 20.5. The molecule has 0 saturated carbocycles. The maximum Gasteiger partial charge on any atom is 0.0582 e. The third-order valence-electron chi connectivity index (χ3n) is 12.4. The molecule has 2 heteroatoms. The van der Waals surface area contributed by atoms with Gasteiger partial charge in [0.25, 0.3) is 0 Å². The molecule has 7 aromatic carbocycles. The van der Waals surface area contributed by atoms with Crippen LogP contribution in [0.1, 0.15) is 61.4 Å². The molecule has 2 aliphatic carbocycles. The summed E-state index contributed by atoms with van der Waals surface area (Å²) in [5.74, 6) is 0. The van der Waals surface area contributed by atoms with Crippen molar-refractivity contribution < 1.29 is 0 Å². The van der Waals surface area contributed by atoms with E-state index < -0.39 is 0 Å². The molecule has 0 radical (unpaired) electrons. The maximum absolute atomic E-state index is 4.34. The Morgan fingerprint density at radius 2 is 1.16 bits per heavy atom. The van der Waals surface area contributed by atoms with Crippen LogP contribution in [0.4, 0.5) is 17.1 Å². The third kappa shape index (κ3) is 5.79. The van der Waals surface area contributed by atoms with E-state index in [1.165, 1.54) is 71.7 Å². The van der Waals surface area contributed by atoms with Gasteiger partial charge in [0.1, 0.15) is 0 Å². The lowest BCUT2D eigenvalue weighted by molar-refractivity contribution is 0.660. The second kappa shape index (κ2) is 14.2. The number of hydrogen-bond acceptors (Lipinski definition) is 1. The van der Waals surface area contributed by atoms with Crippen molar-refractivity contribution in [2.45, 2.75) is 39.0 Å². The largest absolute Gasteiger partial charge is 0.310 e. The SMILES string of the molecule is C=C(/C=C\C)c1ccc(N(c2ccc3c(c2)C(C)(C)c2ccccc2-3)c2ccc3c(c2)c2c(n3-c3ccccc3)=C(c3ccccc3)CCC=2c2ccccc2)cc1. The van der Waals surface area contributed by atoms with Gasteiger partial charge in [-0.25, -0.2) is 0 Å². The van der Waals surface area contributed by atoms with Crippen molar-refractivity contribution in [1.82, 2.24) is 4.57 Å². The summed E-state index contributed by atoms with van der Waals surface area (Å²) in [6.07, 6.45) is 6.04. The summed E-state index contributed by atoms with van der Waals surface area (Å²) < 4.78 is 2.51. The molecule has 0 fully saturated rings. The van der Waals surface area contributed by atoms with Crippen LogP contribution in [0.3, 0.4) is 0 Å². The van der Waals surface area contributed by atoms with Crippen molar-refractivity contribution in [3.05, 3.63) is 233 Å². The minimum atomic E-state index is -0.124. The lowest BCUT2D eigenvalue weighted by Crippen LogP contribution is -2.36. The zero-order chi connectivity index (χ0) is 39.4. The van der Waals surface area contributed by atoms with Crippen LogP contribution in [0.5, 0.6) is 0 Å². The minimum absolute atomic E-state index is 0.124. The molecule has 0 saturated heterocycles. The molecule has 0 unspecified atom stereocenters. The van der Waals surface area contributed by atoms with E-state index >= 15 is 0 Å². The van der Waals surface area contributed by atoms with E-state index in [2.05, 4.69) is 212 Å². The van der Waals surface area contributed by atoms with Crippen molar-refractivity contribution in [2.75, 3.05) is 4.90 Å². The van der Waals surface area contributed by atoms with Gasteiger partial charge in [-0.05, 0) is 130 Å². The smallest absolute Gasteiger partial charge is 0.0582 e. The Balaban J connectivity index is 1.28. The van der Waals surface area contributed by atoms with Crippen molar-refractivity contribution >= 4 is 44.7 Å². The van der Waals surface area contributed by atoms with Crippen LogP contribution in [0.2, 0.25) is 0 Å². The highest BCUT2D eigenvalue weighted by Crippen LogP contribution is 2.50. The van der Waals surface area contributed by atoms with Crippen molar-refractivity contribution in [3.63, 3.8) is 0 Å². The molecule has 0 bridgehead atoms. The van der Waals surface area contributed by atoms with Crippen LogP contribution >= 0.6 is 0 Å². The Labute approximate surface area is 341 Å². The predicted molar refractivity (Wildman–Crippen MR) is 246 cm³/mol. The van der Waals surface area contributed by atoms with Gasteiger partial charge >= 0.3 is 0 Å². The van der Waals surface area contributed by atoms with Gasteiger partial charge in [-0.1, -0.05) is 154 Å². The third-order valence-corrected chi connectivity index (χ3v) is 12.4. The van der Waals surface area contributed by atoms with E-state index in [0.717, 1.165) is 41.0 Å². The average molecular weight is 747 g/mol. The van der Waals surface area contributed by atoms with Crippen LogP contribution < -0.4 is 15.5 Å². The monoisotopic (exact) mass is 746 g/mol. The summed E-state index contributed by atoms with van der Waals surface area (Å²) in [6, 6.07) is 64.9. The molecular formula is C56H46N2. The molecule has 0 N–H and O–H groups in total. The molecule has 58 heavy (non-hydrogen) atoms. The summed E-state index contributed by atoms with van der Waals surface area (Å²) in [7, 11) is 0. The molecular weight excluding hydrogens is 701 g/mol. The fourth-order valence-corrected chi connectivity index (χ4v) is 9.60. The normalized spacial score (nSPS) is 14.1. The zero-order valence-corrected chi connectivity index (χ0v) is 33.4. The average Bonchev–Trinajstić information content (AvgIpc) is 3.73. The van der Waals surface area contributed by atoms with Crippen LogP contribution in [-0.4, -0.2) is 4.57 Å². The Morgan fingerprint density at radius 1 is 0.586 bits per heavy atom. The standard InChI is InChI=1S/C56H46N2/c1-5-17-38(2)39-26-28-43(29-27-39)57(45-30-32-49-48-24-15-16-25-51(48)56(3,4)52(49)37-45)44-31-35-53-50(36-44)54-46(40-18-9-6-10-19-40)33-34-47(41-20-11-7-12-21-41)55(54)58(53)42-22-13-8-14-23-42/h5-32,35-37H,2,33-34H2,1,3-4H3/b17-5-. The quantitative estimate of drug-likeness (QED) is 0.141. The van der Waals surface area contributed by atoms with E-state index in [1.54, 1.807) is 0 Å². The number of aromatic nitrogens is 1. The number of rotatable bonds is 8. The molecule has 280 valence electrons. The first kappa shape index (κ1) is 35.5. The zero-order valence-electron chi connectivity index (χ0n) is 33.4. The van der Waals surface area contributed by atoms with Gasteiger partial charge in [0.05, 0.1) is 10.9 Å². The van der Waals surface area contributed by atoms with Gasteiger partial charge in [0.15, 0.2) is 0 Å². The lowest BCUT2D eigenvalue weighted by atomic mass is 9.82. The lowest BCUT2D eigenvalue weighted by Gasteiger charge is -2.28. The van der Waals surface area contributed by atoms with E-state index in [-0.39, 0.29) is 5.41 Å². The molecule has 2 nitrogen and oxygen atoms in total. The van der Waals surface area contributed by atoms with Gasteiger partial charge in [-0.2, -0.15) is 0 Å². The Hall–Kier alpha value is -6.90. The highest BCUT2D eigenvalue weighted by Gasteiger charge is 2.36. The molecule has 8 aromatic rings. The number of hydrogen-bond donors (Lipinski definition) is 0. The summed E-state index contributed by atoms with van der Waals surface area (Å²) >= 11 is 0. The molecule has 10 rings (SSSR count). The maximum atomic E-state index is 4.34. The number of anilines is 3. The van der Waals surface area contributed by atoms with Crippen LogP contribution in [0.25, 0.3) is 44.4 Å². The first-order chi connectivity index (χ1) is 28.4. The van der Waals surface area contributed by atoms with E-state index in [9.17, 15) is 0 Å². The number of nitrogens with zero attached hydrogens (tertiary/aromatic N) is 2. The van der Waals surface area contributed by atoms with Crippen molar-refractivity contribution in [1.29, 1.82) is 0 Å². The van der Waals surface area contributed by atoms with Gasteiger partial charge < -0.3 is 9.47 Å². The summed E-state index contributed by atoms with van der Waals surface area (Å²) in [6.45, 7) is 11.1. The number of benzene rings is 7. The molecule has 2 aliphatic rings. The summed E-state index contributed by atoms with van der Waals surface area (Å²) in [5, 5.41) is 3.85. The molecule has 0 aliphatic heterocycles. The van der Waals surface area contributed by atoms with Crippen LogP contribution in [-0.2, 0) is 5.41 Å². The molecule has 1 aromatic heterocycles. The van der Waals surface area contributed by atoms with Crippen LogP contribution in [0, 0.1) is 0 Å². The predicted octanol–water partition coefficient (Wildman–Crippen LogP) is 13.2. The van der Waals surface area contributed by atoms with E-state index in [4.69, 9.17) is 0 Å². The number of para-hydroxylation sites is 1. The first-order valence-corrected chi connectivity index (χ1v) is 20.5. The Bertz CT molecular complexity index is 3020. The van der Waals surface area contributed by atoms with Gasteiger partial charge in [0, 0.05) is 38.8 Å². The van der Waals surface area contributed by atoms with Crippen molar-refractivity contribution in [2.24, 2.45) is 0 Å². The topological polar surface area (TPSA) is 8.17 Å². The van der Waals surface area contributed by atoms with Gasteiger partial charge in [-0.3, -0.25) is 0 Å². The van der Waals surface area contributed by atoms with Crippen molar-refractivity contribution in [3.8, 4) is 16.8 Å². The van der Waals surface area contributed by atoms with E-state index in [1.807, 2.05) is 13.0 Å². The highest BCUT2D eigenvalue weighted by atomic mass is 15.1. The van der Waals surface area contributed by atoms with Gasteiger partial charge in [0.2, 0.25) is 0 Å². The summed E-state index contributed by atoms with van der Waals surface area (Å²) in [5.41, 5.74) is 18.4. The number of allylic oxidation sites excluding steroid dienone is 3. The fourth-order valence-electron chi connectivity index (χ4n) is 9.60. The Morgan fingerprint density at radius 3 is 1.86 bits per heavy atom. The summed E-state index contributed by atoms with van der Waals surface area (Å²) in [4.78, 5) is 2.44. The highest BCUT2D eigenvalue weighted by molar-refractivity contribution is 5.95. The second-order valence-electron chi connectivity index (χ2n) is 16.1. The molecule has 0 spiro atoms. The minimum Gasteiger partial charge on any atom is -0.310 e. The number of fused-ring (bicyclic) bond motifs is 6.